The number of hydrogen-bond donors (Lipinski definition) is 6. The second-order valence-electron chi connectivity index (χ2n) is 8.72. The predicted molar refractivity (Wildman–Crippen MR) is 135 cm³/mol. The van der Waals surface area contributed by atoms with Gasteiger partial charge in [-0.1, -0.05) is 19.3 Å². The second-order valence-corrected chi connectivity index (χ2v) is 8.72. The normalized spacial score (nSPS) is 12.2. The van der Waals surface area contributed by atoms with Gasteiger partial charge in [0.25, 0.3) is 11.8 Å². The van der Waals surface area contributed by atoms with Crippen LogP contribution in [0.4, 0.5) is 5.69 Å². The minimum absolute atomic E-state index is 0. The van der Waals surface area contributed by atoms with Crippen LogP contribution in [0.25, 0.3) is 0 Å². The molecule has 0 heterocycles. The van der Waals surface area contributed by atoms with Crippen molar-refractivity contribution < 1.29 is 24.7 Å². The third kappa shape index (κ3) is 9.98. The van der Waals surface area contributed by atoms with Gasteiger partial charge in [0.05, 0.1) is 12.6 Å². The molecule has 0 unspecified atom stereocenters. The van der Waals surface area contributed by atoms with Crippen LogP contribution in [-0.2, 0) is 9.59 Å². The topological polar surface area (TPSA) is 140 Å². The van der Waals surface area contributed by atoms with Crippen LogP contribution in [0.2, 0.25) is 0 Å². The molecule has 0 saturated carbocycles. The Hall–Kier alpha value is -3.71. The molecule has 2 aromatic rings. The van der Waals surface area contributed by atoms with Crippen molar-refractivity contribution in [1.82, 2.24) is 16.1 Å². The van der Waals surface area contributed by atoms with E-state index >= 15 is 0 Å². The average Bonchev–Trinajstić information content (AvgIpc) is 2.80. The first kappa shape index (κ1) is 29.3. The molecule has 2 atom stereocenters. The van der Waals surface area contributed by atoms with Crippen molar-refractivity contribution in [2.45, 2.75) is 52.8 Å². The molecule has 3 amide bonds. The summed E-state index contributed by atoms with van der Waals surface area (Å²) in [5.41, 5.74) is 3.63. The molecule has 0 aliphatic rings. The number of aliphatic hydroxyl groups is 1. The Labute approximate surface area is 206 Å². The van der Waals surface area contributed by atoms with Crippen LogP contribution >= 0.6 is 0 Å². The molecule has 0 spiro atoms. The number of rotatable bonds is 7. The van der Waals surface area contributed by atoms with Crippen molar-refractivity contribution >= 4 is 23.4 Å². The van der Waals surface area contributed by atoms with Gasteiger partial charge in [-0.3, -0.25) is 19.6 Å². The van der Waals surface area contributed by atoms with Crippen molar-refractivity contribution in [3.63, 3.8) is 0 Å². The summed E-state index contributed by atoms with van der Waals surface area (Å²) in [7, 11) is 0. The van der Waals surface area contributed by atoms with Crippen molar-refractivity contribution in [3.8, 4) is 11.8 Å². The highest BCUT2D eigenvalue weighted by Crippen LogP contribution is 2.10. The molecule has 2 aromatic carbocycles. The lowest BCUT2D eigenvalue weighted by molar-refractivity contribution is -0.133. The number of hydrogen-bond acceptors (Lipinski definition) is 6. The van der Waals surface area contributed by atoms with E-state index in [0.717, 1.165) is 5.56 Å². The third-order valence-corrected chi connectivity index (χ3v) is 4.61. The van der Waals surface area contributed by atoms with Crippen LogP contribution in [0.15, 0.2) is 48.5 Å². The first-order valence-electron chi connectivity index (χ1n) is 10.7. The van der Waals surface area contributed by atoms with E-state index in [1.165, 1.54) is 12.4 Å². The van der Waals surface area contributed by atoms with Crippen LogP contribution in [0, 0.1) is 11.8 Å². The number of anilines is 1. The first-order chi connectivity index (χ1) is 16.0. The summed E-state index contributed by atoms with van der Waals surface area (Å²) in [6, 6.07) is 12.2. The van der Waals surface area contributed by atoms with Gasteiger partial charge < -0.3 is 21.1 Å². The van der Waals surface area contributed by atoms with Gasteiger partial charge in [0.1, 0.15) is 6.04 Å². The average molecular weight is 483 g/mol. The van der Waals surface area contributed by atoms with E-state index in [1.807, 2.05) is 20.8 Å². The van der Waals surface area contributed by atoms with E-state index in [1.54, 1.807) is 48.5 Å². The third-order valence-electron chi connectivity index (χ3n) is 4.61. The Balaban J connectivity index is 0.00000612. The molecule has 0 saturated heterocycles. The lowest BCUT2D eigenvalue weighted by atomic mass is 10.1. The number of aliphatic hydroxyl groups excluding tert-OH is 1. The van der Waals surface area contributed by atoms with Crippen molar-refractivity contribution in [2.24, 2.45) is 0 Å². The van der Waals surface area contributed by atoms with Gasteiger partial charge in [0, 0.05) is 27.9 Å². The summed E-state index contributed by atoms with van der Waals surface area (Å²) in [6.07, 6.45) is -1.19. The van der Waals surface area contributed by atoms with Gasteiger partial charge in [-0.05, 0) is 76.2 Å². The van der Waals surface area contributed by atoms with Crippen molar-refractivity contribution in [3.05, 3.63) is 65.2 Å². The summed E-state index contributed by atoms with van der Waals surface area (Å²) in [4.78, 5) is 35.9. The molecule has 0 bridgehead atoms. The second kappa shape index (κ2) is 13.2. The summed E-state index contributed by atoms with van der Waals surface area (Å²) in [6.45, 7) is 7.50. The van der Waals surface area contributed by atoms with Crippen LogP contribution in [0.3, 0.4) is 0 Å². The maximum absolute atomic E-state index is 12.3. The Morgan fingerprint density at radius 1 is 0.943 bits per heavy atom. The number of benzene rings is 2. The summed E-state index contributed by atoms with van der Waals surface area (Å²) < 4.78 is 0. The molecule has 0 aliphatic heterocycles. The molecule has 0 radical (unpaired) electrons. The van der Waals surface area contributed by atoms with Crippen LogP contribution in [0.1, 0.15) is 56.6 Å². The van der Waals surface area contributed by atoms with Crippen molar-refractivity contribution in [2.75, 3.05) is 11.9 Å². The summed E-state index contributed by atoms with van der Waals surface area (Å²) in [5, 5.41) is 26.7. The van der Waals surface area contributed by atoms with E-state index in [9.17, 15) is 19.5 Å². The zero-order chi connectivity index (χ0) is 25.3. The molecule has 6 N–H and O–H groups in total. The van der Waals surface area contributed by atoms with Gasteiger partial charge in [0.2, 0.25) is 5.91 Å². The van der Waals surface area contributed by atoms with E-state index < -0.39 is 24.0 Å². The van der Waals surface area contributed by atoms with Gasteiger partial charge in [-0.2, -0.15) is 0 Å². The maximum Gasteiger partial charge on any atom is 0.268 e. The largest absolute Gasteiger partial charge is 0.391 e. The molecule has 188 valence electrons. The van der Waals surface area contributed by atoms with Gasteiger partial charge in [-0.15, -0.1) is 0 Å². The van der Waals surface area contributed by atoms with E-state index in [0.29, 0.717) is 11.3 Å². The molecular weight excluding hydrogens is 448 g/mol. The quantitative estimate of drug-likeness (QED) is 0.203. The molecule has 0 aliphatic carbocycles. The fraction of sp³-hybridized carbons (Fsp3) is 0.346. The number of carbonyl (C=O) groups is 3. The lowest BCUT2D eigenvalue weighted by Crippen LogP contribution is -2.51. The Morgan fingerprint density at radius 3 is 1.91 bits per heavy atom. The van der Waals surface area contributed by atoms with E-state index in [-0.39, 0.29) is 31.0 Å². The maximum atomic E-state index is 12.3. The molecule has 2 rings (SSSR count). The molecule has 0 aromatic heterocycles. The molecule has 9 heteroatoms. The highest BCUT2D eigenvalue weighted by Gasteiger charge is 2.25. The zero-order valence-corrected chi connectivity index (χ0v) is 19.6. The molecule has 9 nitrogen and oxygen atoms in total. The van der Waals surface area contributed by atoms with Gasteiger partial charge >= 0.3 is 0 Å². The van der Waals surface area contributed by atoms with Crippen LogP contribution < -0.4 is 21.4 Å². The predicted octanol–water partition coefficient (Wildman–Crippen LogP) is 2.03. The smallest absolute Gasteiger partial charge is 0.268 e. The van der Waals surface area contributed by atoms with Gasteiger partial charge in [0.15, 0.2) is 0 Å². The lowest BCUT2D eigenvalue weighted by Gasteiger charge is -2.20. The summed E-state index contributed by atoms with van der Waals surface area (Å²) >= 11 is 0. The van der Waals surface area contributed by atoms with Gasteiger partial charge in [-0.25, -0.2) is 5.48 Å². The number of amides is 3. The van der Waals surface area contributed by atoms with Crippen LogP contribution in [-0.4, -0.2) is 52.3 Å². The fourth-order valence-corrected chi connectivity index (χ4v) is 2.74. The number of hydroxylamine groups is 1. The highest BCUT2D eigenvalue weighted by molar-refractivity contribution is 5.97. The molecule has 35 heavy (non-hydrogen) atoms. The standard InChI is InChI=1S/C25H30N4O5.CH4/c1-16(30)22(24(33)29-34)28-23(32)19-11-7-17(8-12-19)5-6-18-9-13-20(14-10-18)27-21(31)15-26-25(2,3)4;/h7-14,16,22,26,30,34H,15H2,1-4H3,(H,27,31)(H,28,32)(H,29,33);1H4/t16-,22+;/m1./s1. The van der Waals surface area contributed by atoms with E-state index in [4.69, 9.17) is 5.21 Å². The SMILES string of the molecule is C.C[C@@H](O)[C@H](NC(=O)c1ccc(C#Cc2ccc(NC(=O)CNC(C)(C)C)cc2)cc1)C(=O)NO. The highest BCUT2D eigenvalue weighted by atomic mass is 16.5. The Morgan fingerprint density at radius 2 is 1.46 bits per heavy atom. The van der Waals surface area contributed by atoms with Crippen molar-refractivity contribution in [1.29, 1.82) is 0 Å². The number of nitrogens with one attached hydrogen (secondary N) is 4. The fourth-order valence-electron chi connectivity index (χ4n) is 2.74. The van der Waals surface area contributed by atoms with E-state index in [2.05, 4.69) is 27.8 Å². The minimum atomic E-state index is -1.29. The molecular formula is C26H34N4O5. The monoisotopic (exact) mass is 482 g/mol. The first-order valence-corrected chi connectivity index (χ1v) is 10.7. The Kier molecular flexibility index (Phi) is 11.1. The number of carbonyl (C=O) groups excluding carboxylic acids is 3. The van der Waals surface area contributed by atoms with Crippen LogP contribution in [0.5, 0.6) is 0 Å². The zero-order valence-electron chi connectivity index (χ0n) is 19.6. The summed E-state index contributed by atoms with van der Waals surface area (Å²) in [5.74, 6) is 4.38. The Bertz CT molecular complexity index is 1060. The molecule has 0 fully saturated rings. The minimum Gasteiger partial charge on any atom is -0.391 e.